The van der Waals surface area contributed by atoms with Crippen LogP contribution >= 0.6 is 0 Å². The Morgan fingerprint density at radius 1 is 0.617 bits per heavy atom. The molecule has 0 bridgehead atoms. The summed E-state index contributed by atoms with van der Waals surface area (Å²) >= 11 is 0. The molecule has 1 N–H and O–H groups in total. The zero-order valence-corrected chi connectivity index (χ0v) is 33.0. The first-order chi connectivity index (χ1) is 29.7. The van der Waals surface area contributed by atoms with Gasteiger partial charge in [0.1, 0.15) is 5.84 Å². The van der Waals surface area contributed by atoms with Gasteiger partial charge in [-0.2, -0.15) is 0 Å². The van der Waals surface area contributed by atoms with E-state index in [-0.39, 0.29) is 12.2 Å². The van der Waals surface area contributed by atoms with E-state index < -0.39 is 0 Å². The van der Waals surface area contributed by atoms with Crippen molar-refractivity contribution >= 4 is 45.1 Å². The minimum atomic E-state index is -0.386. The standard InChI is InChI=1S/C55H41N5/c1-4-16-36(17-5-1)47-35-42(32-41-22-10-11-23-43(41)47)59-49-26-14-13-25-45(49)48-33-39(29-31-51(48)59)40-28-30-46-44-24-12-15-27-50(44)60(52(46)34-40)55-57-53(37-18-6-2-7-19-37)56-54(58-55)38-20-8-3-9-21-38/h1-12,14-23,26-35,44,55H,13,24-25H2,(H,56,57,58)/t44-/m1/s1. The predicted octanol–water partition coefficient (Wildman–Crippen LogP) is 12.6. The third-order valence-corrected chi connectivity index (χ3v) is 12.6. The number of rotatable bonds is 6. The van der Waals surface area contributed by atoms with Crippen LogP contribution in [0.1, 0.15) is 46.7 Å². The van der Waals surface area contributed by atoms with E-state index in [1.165, 1.54) is 77.8 Å². The lowest BCUT2D eigenvalue weighted by atomic mass is 9.91. The van der Waals surface area contributed by atoms with Crippen molar-refractivity contribution in [2.45, 2.75) is 31.5 Å². The van der Waals surface area contributed by atoms with Crippen LogP contribution in [0.25, 0.3) is 55.7 Å². The second kappa shape index (κ2) is 14.1. The van der Waals surface area contributed by atoms with Gasteiger partial charge in [0.05, 0.1) is 5.52 Å². The van der Waals surface area contributed by atoms with Crippen LogP contribution in [-0.4, -0.2) is 22.5 Å². The third-order valence-electron chi connectivity index (χ3n) is 12.6. The fourth-order valence-corrected chi connectivity index (χ4v) is 9.80. The fraction of sp³-hybridized carbons (Fsp3) is 0.0909. The molecule has 286 valence electrons. The van der Waals surface area contributed by atoms with Crippen LogP contribution in [0, 0.1) is 0 Å². The number of aryl methyl sites for hydroxylation is 1. The van der Waals surface area contributed by atoms with Gasteiger partial charge in [0.25, 0.3) is 0 Å². The topological polar surface area (TPSA) is 44.9 Å². The predicted molar refractivity (Wildman–Crippen MR) is 249 cm³/mol. The number of aliphatic imine (C=N–C) groups is 2. The van der Waals surface area contributed by atoms with Gasteiger partial charge >= 0.3 is 0 Å². The summed E-state index contributed by atoms with van der Waals surface area (Å²) < 4.78 is 2.49. The fourth-order valence-electron chi connectivity index (χ4n) is 9.80. The van der Waals surface area contributed by atoms with Crippen molar-refractivity contribution in [3.63, 3.8) is 0 Å². The van der Waals surface area contributed by atoms with Gasteiger partial charge < -0.3 is 14.8 Å². The van der Waals surface area contributed by atoms with E-state index in [4.69, 9.17) is 9.98 Å². The summed E-state index contributed by atoms with van der Waals surface area (Å²) in [6, 6.07) is 59.2. The molecule has 2 aliphatic carbocycles. The Labute approximate surface area is 349 Å². The van der Waals surface area contributed by atoms with E-state index in [1.807, 2.05) is 12.1 Å². The first kappa shape index (κ1) is 34.5. The van der Waals surface area contributed by atoms with E-state index in [2.05, 4.69) is 197 Å². The van der Waals surface area contributed by atoms with E-state index in [9.17, 15) is 0 Å². The molecule has 3 heterocycles. The molecule has 12 rings (SSSR count). The highest BCUT2D eigenvalue weighted by molar-refractivity contribution is 6.13. The zero-order chi connectivity index (χ0) is 39.6. The second-order valence-electron chi connectivity index (χ2n) is 16.1. The van der Waals surface area contributed by atoms with Crippen molar-refractivity contribution in [3.05, 3.63) is 222 Å². The van der Waals surface area contributed by atoms with E-state index in [0.717, 1.165) is 42.1 Å². The summed E-state index contributed by atoms with van der Waals surface area (Å²) in [7, 11) is 0. The maximum Gasteiger partial charge on any atom is 0.204 e. The molecule has 5 heteroatoms. The lowest BCUT2D eigenvalue weighted by molar-refractivity contribution is 0.608. The number of aromatic nitrogens is 1. The molecule has 0 amide bonds. The van der Waals surface area contributed by atoms with E-state index >= 15 is 0 Å². The second-order valence-corrected chi connectivity index (χ2v) is 16.1. The molecule has 4 aliphatic rings. The van der Waals surface area contributed by atoms with E-state index in [1.54, 1.807) is 0 Å². The van der Waals surface area contributed by atoms with Crippen molar-refractivity contribution in [1.82, 2.24) is 9.88 Å². The number of amidine groups is 2. The molecule has 0 radical (unpaired) electrons. The Kier molecular flexibility index (Phi) is 8.12. The summed E-state index contributed by atoms with van der Waals surface area (Å²) in [5.74, 6) is 1.80. The molecule has 8 aromatic rings. The normalized spacial score (nSPS) is 17.7. The van der Waals surface area contributed by atoms with Gasteiger partial charge in [-0.05, 0) is 106 Å². The third kappa shape index (κ3) is 5.69. The molecule has 7 aromatic carbocycles. The molecule has 2 aliphatic heterocycles. The Hall–Kier alpha value is -7.50. The smallest absolute Gasteiger partial charge is 0.204 e. The highest BCUT2D eigenvalue weighted by Gasteiger charge is 2.39. The summed E-state index contributed by atoms with van der Waals surface area (Å²) in [6.45, 7) is 0. The number of anilines is 1. The Bertz CT molecular complexity index is 3150. The zero-order valence-electron chi connectivity index (χ0n) is 33.0. The first-order valence-corrected chi connectivity index (χ1v) is 21.0. The summed E-state index contributed by atoms with van der Waals surface area (Å²) in [6.07, 6.45) is 14.0. The lowest BCUT2D eigenvalue weighted by Gasteiger charge is -2.34. The highest BCUT2D eigenvalue weighted by Crippen LogP contribution is 2.50. The van der Waals surface area contributed by atoms with Gasteiger partial charge in [0.15, 0.2) is 5.84 Å². The van der Waals surface area contributed by atoms with Gasteiger partial charge in [-0.25, -0.2) is 9.98 Å². The quantitative estimate of drug-likeness (QED) is 0.183. The minimum absolute atomic E-state index is 0.258. The van der Waals surface area contributed by atoms with Crippen molar-refractivity contribution in [1.29, 1.82) is 0 Å². The van der Waals surface area contributed by atoms with Gasteiger partial charge in [0, 0.05) is 45.2 Å². The van der Waals surface area contributed by atoms with Crippen molar-refractivity contribution in [3.8, 4) is 27.9 Å². The van der Waals surface area contributed by atoms with Crippen molar-refractivity contribution in [2.75, 3.05) is 4.90 Å². The molecular weight excluding hydrogens is 731 g/mol. The monoisotopic (exact) mass is 771 g/mol. The molecule has 5 nitrogen and oxygen atoms in total. The minimum Gasteiger partial charge on any atom is -0.331 e. The van der Waals surface area contributed by atoms with Crippen LogP contribution in [0.15, 0.2) is 204 Å². The molecule has 2 atom stereocenters. The van der Waals surface area contributed by atoms with Crippen LogP contribution in [-0.2, 0) is 6.42 Å². The molecule has 60 heavy (non-hydrogen) atoms. The highest BCUT2D eigenvalue weighted by atomic mass is 15.4. The van der Waals surface area contributed by atoms with Gasteiger partial charge in [0.2, 0.25) is 6.29 Å². The maximum absolute atomic E-state index is 5.34. The van der Waals surface area contributed by atoms with Crippen LogP contribution < -0.4 is 10.2 Å². The molecule has 0 saturated heterocycles. The summed E-state index contributed by atoms with van der Waals surface area (Å²) in [5, 5.41) is 7.58. The Morgan fingerprint density at radius 3 is 2.18 bits per heavy atom. The number of nitrogens with one attached hydrogen (secondary N) is 1. The summed E-state index contributed by atoms with van der Waals surface area (Å²) in [5.41, 5.74) is 15.8. The molecule has 0 fully saturated rings. The average Bonchev–Trinajstić information content (AvgIpc) is 3.84. The maximum atomic E-state index is 5.34. The average molecular weight is 772 g/mol. The molecule has 0 saturated carbocycles. The van der Waals surface area contributed by atoms with E-state index in [0.29, 0.717) is 0 Å². The van der Waals surface area contributed by atoms with Crippen LogP contribution in [0.2, 0.25) is 0 Å². The van der Waals surface area contributed by atoms with Crippen LogP contribution in [0.3, 0.4) is 0 Å². The van der Waals surface area contributed by atoms with Crippen molar-refractivity contribution in [2.24, 2.45) is 9.98 Å². The summed E-state index contributed by atoms with van der Waals surface area (Å²) in [4.78, 5) is 12.8. The van der Waals surface area contributed by atoms with Crippen LogP contribution in [0.4, 0.5) is 5.69 Å². The van der Waals surface area contributed by atoms with Gasteiger partial charge in [-0.3, -0.25) is 0 Å². The largest absolute Gasteiger partial charge is 0.331 e. The Balaban J connectivity index is 0.985. The molecule has 1 aromatic heterocycles. The molecule has 0 spiro atoms. The van der Waals surface area contributed by atoms with Gasteiger partial charge in [-0.1, -0.05) is 152 Å². The Morgan fingerprint density at radius 2 is 1.35 bits per heavy atom. The number of nitrogens with zero attached hydrogens (tertiary/aromatic N) is 4. The molecule has 0 unspecified atom stereocenters. The number of hydrogen-bond acceptors (Lipinski definition) is 4. The number of fused-ring (bicyclic) bond motifs is 7. The van der Waals surface area contributed by atoms with Gasteiger partial charge in [-0.15, -0.1) is 0 Å². The number of allylic oxidation sites excluding steroid dienone is 5. The van der Waals surface area contributed by atoms with Crippen molar-refractivity contribution < 1.29 is 0 Å². The number of hydrogen-bond donors (Lipinski definition) is 1. The SMILES string of the molecule is C1=CC[C@H]2C(=C1)N([C@H]1N=C(c3ccccc3)N=C(c3ccccc3)N1)c1cc(-c3ccc4c(c3)c3c(n4-c4cc(-c5ccccc5)c5ccccc5c4)C=CCC3)ccc12. The number of benzene rings is 7. The lowest BCUT2D eigenvalue weighted by Crippen LogP contribution is -2.49. The van der Waals surface area contributed by atoms with Crippen LogP contribution in [0.5, 0.6) is 0 Å². The molecular formula is C55H41N5. The first-order valence-electron chi connectivity index (χ1n) is 21.0.